The number of hydrogen-bond donors (Lipinski definition) is 3. The lowest BCUT2D eigenvalue weighted by molar-refractivity contribution is -0.278. The Balaban J connectivity index is 1.45. The summed E-state index contributed by atoms with van der Waals surface area (Å²) in [6, 6.07) is 15.4. The first-order valence-corrected chi connectivity index (χ1v) is 16.8. The molecule has 46 heavy (non-hydrogen) atoms. The Bertz CT molecular complexity index is 1340. The van der Waals surface area contributed by atoms with Crippen molar-refractivity contribution in [3.8, 4) is 0 Å². The zero-order chi connectivity index (χ0) is 32.8. The number of anilines is 1. The molecular formula is C37H51N3O6. The summed E-state index contributed by atoms with van der Waals surface area (Å²) in [5.41, 5.74) is 2.86. The van der Waals surface area contributed by atoms with Crippen molar-refractivity contribution < 1.29 is 28.9 Å². The number of nitrogens with one attached hydrogen (secondary N) is 2. The highest BCUT2D eigenvalue weighted by Crippen LogP contribution is 2.44. The molecule has 2 saturated heterocycles. The molecule has 2 heterocycles. The number of amides is 2. The van der Waals surface area contributed by atoms with Gasteiger partial charge in [0, 0.05) is 35.3 Å². The quantitative estimate of drug-likeness (QED) is 0.266. The van der Waals surface area contributed by atoms with Gasteiger partial charge in [-0.05, 0) is 75.6 Å². The van der Waals surface area contributed by atoms with Crippen LogP contribution in [-0.4, -0.2) is 58.9 Å². The second kappa shape index (κ2) is 15.1. The largest absolute Gasteiger partial charge is 0.445 e. The van der Waals surface area contributed by atoms with Gasteiger partial charge in [0.05, 0.1) is 24.9 Å². The molecule has 3 fully saturated rings. The lowest BCUT2D eigenvalue weighted by Crippen LogP contribution is -2.61. The maximum atomic E-state index is 13.8. The van der Waals surface area contributed by atoms with Crippen molar-refractivity contribution in [1.29, 1.82) is 0 Å². The second-order valence-electron chi connectivity index (χ2n) is 14.1. The Labute approximate surface area is 273 Å². The van der Waals surface area contributed by atoms with Gasteiger partial charge >= 0.3 is 6.09 Å². The Morgan fingerprint density at radius 2 is 1.80 bits per heavy atom. The Morgan fingerprint density at radius 1 is 1.04 bits per heavy atom. The first-order chi connectivity index (χ1) is 22.1. The van der Waals surface area contributed by atoms with Crippen molar-refractivity contribution in [2.75, 3.05) is 18.5 Å². The van der Waals surface area contributed by atoms with Gasteiger partial charge < -0.3 is 24.6 Å². The van der Waals surface area contributed by atoms with Gasteiger partial charge in [0.25, 0.3) is 0 Å². The van der Waals surface area contributed by atoms with E-state index in [9.17, 15) is 14.7 Å². The van der Waals surface area contributed by atoms with Crippen molar-refractivity contribution in [2.45, 2.75) is 109 Å². The summed E-state index contributed by atoms with van der Waals surface area (Å²) >= 11 is 0. The van der Waals surface area contributed by atoms with E-state index < -0.39 is 12.4 Å². The molecule has 7 unspecified atom stereocenters. The number of benzene rings is 2. The lowest BCUT2D eigenvalue weighted by atomic mass is 9.75. The standard InChI is InChI=1S/C37H51N3O6/c1-6-20-44-36(43)38-29-12-9-11-28(21-29)35-45-32(24(2)33(46-35)27-16-14-25(23-41)15-17-27)22-40-30-13-8-7-10-26(30)18-19-31(40)34(42)39-37(3,4)5/h6,9,11-12,14-17,21,24,26,30-33,35,41H,1,7-8,10,13,18-20,22-23H2,2-5H3,(H,38,43)(H,39,42). The molecule has 2 aromatic rings. The fourth-order valence-corrected chi connectivity index (χ4v) is 7.32. The number of likely N-dealkylation sites (tertiary alicyclic amines) is 1. The van der Waals surface area contributed by atoms with Crippen LogP contribution in [0.2, 0.25) is 0 Å². The Kier molecular flexibility index (Phi) is 11.2. The maximum absolute atomic E-state index is 13.8. The number of fused-ring (bicyclic) bond motifs is 1. The van der Waals surface area contributed by atoms with Crippen LogP contribution in [0.15, 0.2) is 61.2 Å². The molecule has 3 N–H and O–H groups in total. The molecular weight excluding hydrogens is 582 g/mol. The SMILES string of the molecule is C=CCOC(=O)Nc1cccc(C2OC(CN3C(C(=O)NC(C)(C)C)CCC4CCCCC43)C(C)C(c3ccc(CO)cc3)O2)c1. The van der Waals surface area contributed by atoms with Crippen LogP contribution in [-0.2, 0) is 25.6 Å². The number of ether oxygens (including phenoxy) is 3. The van der Waals surface area contributed by atoms with Gasteiger partial charge in [-0.25, -0.2) is 4.79 Å². The number of aliphatic hydroxyl groups excluding tert-OH is 1. The highest BCUT2D eigenvalue weighted by molar-refractivity contribution is 5.84. The number of nitrogens with zero attached hydrogens (tertiary/aromatic N) is 1. The molecule has 1 saturated carbocycles. The summed E-state index contributed by atoms with van der Waals surface area (Å²) in [5, 5.41) is 15.7. The van der Waals surface area contributed by atoms with Crippen LogP contribution < -0.4 is 10.6 Å². The number of carbonyl (C=O) groups is 2. The molecule has 0 radical (unpaired) electrons. The zero-order valence-corrected chi connectivity index (χ0v) is 27.7. The van der Waals surface area contributed by atoms with Crippen LogP contribution in [0.4, 0.5) is 10.5 Å². The molecule has 250 valence electrons. The number of aliphatic hydroxyl groups is 1. The fourth-order valence-electron chi connectivity index (χ4n) is 7.32. The van der Waals surface area contributed by atoms with E-state index in [4.69, 9.17) is 14.2 Å². The van der Waals surface area contributed by atoms with Gasteiger partial charge in [0.1, 0.15) is 6.61 Å². The monoisotopic (exact) mass is 633 g/mol. The molecule has 5 rings (SSSR count). The minimum absolute atomic E-state index is 0.0262. The molecule has 1 aliphatic carbocycles. The van der Waals surface area contributed by atoms with Crippen LogP contribution in [0.25, 0.3) is 0 Å². The van der Waals surface area contributed by atoms with Gasteiger partial charge in [-0.15, -0.1) is 0 Å². The highest BCUT2D eigenvalue weighted by Gasteiger charge is 2.46. The lowest BCUT2D eigenvalue weighted by Gasteiger charge is -2.51. The fraction of sp³-hybridized carbons (Fsp3) is 0.568. The predicted octanol–water partition coefficient (Wildman–Crippen LogP) is 6.64. The third kappa shape index (κ3) is 8.37. The van der Waals surface area contributed by atoms with E-state index in [0.29, 0.717) is 24.2 Å². The first-order valence-electron chi connectivity index (χ1n) is 16.8. The maximum Gasteiger partial charge on any atom is 0.411 e. The topological polar surface area (TPSA) is 109 Å². The van der Waals surface area contributed by atoms with Crippen molar-refractivity contribution in [3.05, 3.63) is 77.9 Å². The van der Waals surface area contributed by atoms with Crippen LogP contribution >= 0.6 is 0 Å². The Morgan fingerprint density at radius 3 is 2.52 bits per heavy atom. The molecule has 0 spiro atoms. The number of piperidine rings is 1. The third-order valence-electron chi connectivity index (χ3n) is 9.56. The number of rotatable bonds is 9. The van der Waals surface area contributed by atoms with Crippen LogP contribution in [0.3, 0.4) is 0 Å². The first kappa shape index (κ1) is 34.1. The smallest absolute Gasteiger partial charge is 0.411 e. The average molecular weight is 634 g/mol. The molecule has 3 aliphatic rings. The summed E-state index contributed by atoms with van der Waals surface area (Å²) in [6.07, 6.45) is 6.35. The van der Waals surface area contributed by atoms with Crippen LogP contribution in [0, 0.1) is 11.8 Å². The second-order valence-corrected chi connectivity index (χ2v) is 14.1. The normalized spacial score (nSPS) is 28.5. The number of hydrogen-bond acceptors (Lipinski definition) is 7. The van der Waals surface area contributed by atoms with Crippen LogP contribution in [0.1, 0.15) is 95.3 Å². The molecule has 0 bridgehead atoms. The van der Waals surface area contributed by atoms with Crippen molar-refractivity contribution in [1.82, 2.24) is 10.2 Å². The molecule has 2 amide bonds. The highest BCUT2D eigenvalue weighted by atomic mass is 16.7. The predicted molar refractivity (Wildman–Crippen MR) is 178 cm³/mol. The minimum Gasteiger partial charge on any atom is -0.445 e. The molecule has 9 heteroatoms. The van der Waals surface area contributed by atoms with Crippen molar-refractivity contribution >= 4 is 17.7 Å². The Hall–Kier alpha value is -3.24. The summed E-state index contributed by atoms with van der Waals surface area (Å²) in [6.45, 7) is 12.5. The molecule has 2 aliphatic heterocycles. The van der Waals surface area contributed by atoms with E-state index in [0.717, 1.165) is 36.0 Å². The van der Waals surface area contributed by atoms with E-state index in [1.165, 1.54) is 25.3 Å². The minimum atomic E-state index is -0.705. The van der Waals surface area contributed by atoms with Gasteiger partial charge in [0.2, 0.25) is 5.91 Å². The summed E-state index contributed by atoms with van der Waals surface area (Å²) in [7, 11) is 0. The summed E-state index contributed by atoms with van der Waals surface area (Å²) in [5.74, 6) is 0.650. The molecule has 0 aromatic heterocycles. The average Bonchev–Trinajstić information content (AvgIpc) is 3.04. The van der Waals surface area contributed by atoms with E-state index in [2.05, 4.69) is 29.0 Å². The molecule has 2 aromatic carbocycles. The van der Waals surface area contributed by atoms with Gasteiger partial charge in [-0.1, -0.05) is 68.8 Å². The van der Waals surface area contributed by atoms with E-state index in [1.807, 2.05) is 63.2 Å². The summed E-state index contributed by atoms with van der Waals surface area (Å²) in [4.78, 5) is 28.5. The van der Waals surface area contributed by atoms with Crippen molar-refractivity contribution in [2.24, 2.45) is 11.8 Å². The van der Waals surface area contributed by atoms with Crippen molar-refractivity contribution in [3.63, 3.8) is 0 Å². The van der Waals surface area contributed by atoms with Gasteiger partial charge in [-0.2, -0.15) is 0 Å². The number of carbonyl (C=O) groups excluding carboxylic acids is 2. The molecule has 9 nitrogen and oxygen atoms in total. The van der Waals surface area contributed by atoms with Gasteiger partial charge in [0.15, 0.2) is 6.29 Å². The van der Waals surface area contributed by atoms with E-state index in [1.54, 1.807) is 6.07 Å². The third-order valence-corrected chi connectivity index (χ3v) is 9.56. The van der Waals surface area contributed by atoms with E-state index >= 15 is 0 Å². The zero-order valence-electron chi connectivity index (χ0n) is 27.7. The summed E-state index contributed by atoms with van der Waals surface area (Å²) < 4.78 is 18.6. The van der Waals surface area contributed by atoms with E-state index in [-0.39, 0.29) is 48.8 Å². The van der Waals surface area contributed by atoms with Gasteiger partial charge in [-0.3, -0.25) is 15.0 Å². The van der Waals surface area contributed by atoms with Crippen LogP contribution in [0.5, 0.6) is 0 Å². The molecule has 7 atom stereocenters.